The quantitative estimate of drug-likeness (QED) is 0.300. The zero-order chi connectivity index (χ0) is 18.4. The third-order valence-corrected chi connectivity index (χ3v) is 13.6. The number of rotatable bonds is 12. The Morgan fingerprint density at radius 3 is 1.83 bits per heavy atom. The molecule has 0 radical (unpaired) electrons. The van der Waals surface area contributed by atoms with Crippen molar-refractivity contribution >= 4 is 35.6 Å². The highest BCUT2D eigenvalue weighted by atomic mass is 32.3. The highest BCUT2D eigenvalue weighted by molar-refractivity contribution is 7.80. The third kappa shape index (κ3) is 15.7. The first-order chi connectivity index (χ1) is 10.1. The van der Waals surface area contributed by atoms with E-state index in [1.54, 1.807) is 0 Å². The lowest BCUT2D eigenvalue weighted by Gasteiger charge is -2.37. The SMILES string of the molecule is C[Si](C)(C)O[Si](C)(C)O[Si](C)(C)CCCCCCOS(=O)(=O)O. The smallest absolute Gasteiger partial charge is 0.397 e. The van der Waals surface area contributed by atoms with Crippen LogP contribution >= 0.6 is 0 Å². The summed E-state index contributed by atoms with van der Waals surface area (Å²) in [4.78, 5) is 0. The molecule has 0 aliphatic rings. The summed E-state index contributed by atoms with van der Waals surface area (Å²) in [6.07, 6.45) is 3.57. The van der Waals surface area contributed by atoms with Gasteiger partial charge in [-0.15, -0.1) is 0 Å². The van der Waals surface area contributed by atoms with Crippen molar-refractivity contribution in [2.24, 2.45) is 0 Å². The molecule has 0 spiro atoms. The molecule has 0 aromatic heterocycles. The van der Waals surface area contributed by atoms with Crippen molar-refractivity contribution in [2.45, 2.75) is 77.6 Å². The maximum absolute atomic E-state index is 10.4. The van der Waals surface area contributed by atoms with Crippen molar-refractivity contribution in [1.29, 1.82) is 0 Å². The van der Waals surface area contributed by atoms with Gasteiger partial charge in [-0.25, -0.2) is 4.18 Å². The summed E-state index contributed by atoms with van der Waals surface area (Å²) in [7, 11) is -9.69. The molecular weight excluding hydrogens is 368 g/mol. The highest BCUT2D eigenvalue weighted by Gasteiger charge is 2.37. The van der Waals surface area contributed by atoms with Crippen LogP contribution in [0.1, 0.15) is 25.7 Å². The van der Waals surface area contributed by atoms with Crippen molar-refractivity contribution in [3.05, 3.63) is 0 Å². The van der Waals surface area contributed by atoms with Gasteiger partial charge in [-0.05, 0) is 58.3 Å². The molecule has 1 N–H and O–H groups in total. The second kappa shape index (κ2) is 9.22. The average Bonchev–Trinajstić information content (AvgIpc) is 2.20. The van der Waals surface area contributed by atoms with Crippen LogP contribution in [0.2, 0.25) is 51.9 Å². The molecule has 140 valence electrons. The van der Waals surface area contributed by atoms with Gasteiger partial charge < -0.3 is 8.23 Å². The maximum atomic E-state index is 10.4. The van der Waals surface area contributed by atoms with Crippen molar-refractivity contribution < 1.29 is 25.4 Å². The number of hydrogen-bond acceptors (Lipinski definition) is 5. The Labute approximate surface area is 145 Å². The standard InChI is InChI=1S/C13H34O6SSi3/c1-21(2,3)18-23(6,7)19-22(4,5)13-11-9-8-10-12-17-20(14,15)16/h8-13H2,1-7H3,(H,14,15,16). The number of hydrogen-bond donors (Lipinski definition) is 1. The molecule has 10 heteroatoms. The molecular formula is C13H34O6SSi3. The van der Waals surface area contributed by atoms with Crippen molar-refractivity contribution in [3.63, 3.8) is 0 Å². The zero-order valence-electron chi connectivity index (χ0n) is 15.6. The largest absolute Gasteiger partial charge is 0.437 e. The fourth-order valence-electron chi connectivity index (χ4n) is 2.65. The van der Waals surface area contributed by atoms with Crippen LogP contribution in [-0.2, 0) is 22.8 Å². The lowest BCUT2D eigenvalue weighted by Crippen LogP contribution is -2.51. The predicted molar refractivity (Wildman–Crippen MR) is 101 cm³/mol. The van der Waals surface area contributed by atoms with Gasteiger partial charge in [0.1, 0.15) is 0 Å². The summed E-state index contributed by atoms with van der Waals surface area (Å²) in [5.41, 5.74) is 0. The minimum atomic E-state index is -4.29. The van der Waals surface area contributed by atoms with Gasteiger partial charge in [0.05, 0.1) is 6.61 Å². The van der Waals surface area contributed by atoms with Crippen LogP contribution < -0.4 is 0 Å². The van der Waals surface area contributed by atoms with E-state index in [0.29, 0.717) is 6.42 Å². The van der Waals surface area contributed by atoms with Crippen LogP contribution in [0.25, 0.3) is 0 Å². The molecule has 0 atom stereocenters. The van der Waals surface area contributed by atoms with E-state index < -0.39 is 35.6 Å². The van der Waals surface area contributed by atoms with Gasteiger partial charge in [-0.1, -0.05) is 19.3 Å². The maximum Gasteiger partial charge on any atom is 0.397 e. The van der Waals surface area contributed by atoms with Crippen LogP contribution in [0.5, 0.6) is 0 Å². The van der Waals surface area contributed by atoms with E-state index in [1.807, 2.05) is 0 Å². The predicted octanol–water partition coefficient (Wildman–Crippen LogP) is 4.14. The molecule has 0 rings (SSSR count). The van der Waals surface area contributed by atoms with Gasteiger partial charge in [-0.3, -0.25) is 4.55 Å². The van der Waals surface area contributed by atoms with Crippen LogP contribution in [0, 0.1) is 0 Å². The fourth-order valence-corrected chi connectivity index (χ4v) is 16.2. The lowest BCUT2D eigenvalue weighted by atomic mass is 10.2. The molecule has 0 aliphatic heterocycles. The van der Waals surface area contributed by atoms with E-state index in [4.69, 9.17) is 12.8 Å². The van der Waals surface area contributed by atoms with Crippen LogP contribution in [0.4, 0.5) is 0 Å². The second-order valence-electron chi connectivity index (χ2n) is 7.89. The molecule has 23 heavy (non-hydrogen) atoms. The zero-order valence-corrected chi connectivity index (χ0v) is 19.5. The summed E-state index contributed by atoms with van der Waals surface area (Å²) in [5, 5.41) is 0. The van der Waals surface area contributed by atoms with Crippen LogP contribution in [-0.4, -0.2) is 44.8 Å². The monoisotopic (exact) mass is 402 g/mol. The molecule has 0 saturated heterocycles. The summed E-state index contributed by atoms with van der Waals surface area (Å²) >= 11 is 0. The van der Waals surface area contributed by atoms with Crippen molar-refractivity contribution in [2.75, 3.05) is 6.61 Å². The topological polar surface area (TPSA) is 82.1 Å². The third-order valence-electron chi connectivity index (χ3n) is 2.98. The minimum Gasteiger partial charge on any atom is -0.437 e. The second-order valence-corrected chi connectivity index (χ2v) is 21.7. The first-order valence-electron chi connectivity index (χ1n) is 8.14. The molecule has 0 bridgehead atoms. The van der Waals surface area contributed by atoms with E-state index in [1.165, 1.54) is 0 Å². The Balaban J connectivity index is 4.00. The number of unbranched alkanes of at least 4 members (excludes halogenated alkanes) is 3. The molecule has 0 aliphatic carbocycles. The Hall–Kier alpha value is 0.441. The van der Waals surface area contributed by atoms with Gasteiger partial charge in [0.25, 0.3) is 0 Å². The summed E-state index contributed by atoms with van der Waals surface area (Å²) in [5.74, 6) is 0. The van der Waals surface area contributed by atoms with E-state index in [9.17, 15) is 8.42 Å². The Bertz CT molecular complexity index is 445. The van der Waals surface area contributed by atoms with Crippen molar-refractivity contribution in [1.82, 2.24) is 0 Å². The van der Waals surface area contributed by atoms with E-state index in [2.05, 4.69) is 50.0 Å². The first kappa shape index (κ1) is 23.4. The van der Waals surface area contributed by atoms with Gasteiger partial charge in [0, 0.05) is 0 Å². The molecule has 0 amide bonds. The molecule has 6 nitrogen and oxygen atoms in total. The Morgan fingerprint density at radius 2 is 1.35 bits per heavy atom. The fraction of sp³-hybridized carbons (Fsp3) is 1.00. The molecule has 0 fully saturated rings. The van der Waals surface area contributed by atoms with Gasteiger partial charge >= 0.3 is 19.0 Å². The van der Waals surface area contributed by atoms with Crippen molar-refractivity contribution in [3.8, 4) is 0 Å². The normalized spacial score (nSPS) is 14.3. The average molecular weight is 403 g/mol. The van der Waals surface area contributed by atoms with Crippen LogP contribution in [0.3, 0.4) is 0 Å². The molecule has 0 unspecified atom stereocenters. The summed E-state index contributed by atoms with van der Waals surface area (Å²) in [6.45, 7) is 15.3. The van der Waals surface area contributed by atoms with Gasteiger partial charge in [0.2, 0.25) is 0 Å². The lowest BCUT2D eigenvalue weighted by molar-refractivity contribution is 0.261. The van der Waals surface area contributed by atoms with Crippen LogP contribution in [0.15, 0.2) is 0 Å². The van der Waals surface area contributed by atoms with E-state index in [0.717, 1.165) is 25.3 Å². The Morgan fingerprint density at radius 1 is 0.826 bits per heavy atom. The van der Waals surface area contributed by atoms with E-state index >= 15 is 0 Å². The first-order valence-corrected chi connectivity index (χ1v) is 18.8. The molecule has 0 saturated carbocycles. The van der Waals surface area contributed by atoms with Gasteiger partial charge in [-0.2, -0.15) is 8.42 Å². The molecule has 0 aromatic carbocycles. The van der Waals surface area contributed by atoms with E-state index in [-0.39, 0.29) is 6.61 Å². The van der Waals surface area contributed by atoms with Gasteiger partial charge in [0.15, 0.2) is 16.6 Å². The molecule has 0 aromatic rings. The Kier molecular flexibility index (Phi) is 9.40. The molecule has 0 heterocycles. The minimum absolute atomic E-state index is 0.0418. The summed E-state index contributed by atoms with van der Waals surface area (Å²) < 4.78 is 46.2. The summed E-state index contributed by atoms with van der Waals surface area (Å²) in [6, 6.07) is 1.07. The highest BCUT2D eigenvalue weighted by Crippen LogP contribution is 2.24.